The van der Waals surface area contributed by atoms with E-state index in [1.165, 1.54) is 19.4 Å². The third-order valence-electron chi connectivity index (χ3n) is 1.97. The Kier molecular flexibility index (Phi) is 26.9. The van der Waals surface area contributed by atoms with Gasteiger partial charge < -0.3 is 14.5 Å². The van der Waals surface area contributed by atoms with Gasteiger partial charge in [-0.3, -0.25) is 0 Å². The minimum Gasteiger partial charge on any atom is -0.388 e. The Labute approximate surface area is 104 Å². The Morgan fingerprint density at radius 1 is 0.812 bits per heavy atom. The van der Waals surface area contributed by atoms with Gasteiger partial charge in [0.15, 0.2) is 0 Å². The van der Waals surface area contributed by atoms with Crippen LogP contribution in [-0.4, -0.2) is 64.8 Å². The van der Waals surface area contributed by atoms with Gasteiger partial charge in [0.05, 0.1) is 0 Å². The maximum absolute atomic E-state index is 4.25. The molecule has 0 rings (SSSR count). The van der Waals surface area contributed by atoms with Gasteiger partial charge in [0, 0.05) is 27.3 Å². The average Bonchev–Trinajstić information content (AvgIpc) is 2.27. The molecule has 0 aliphatic carbocycles. The molecular formula is C13H34N2O. The second-order valence-corrected chi connectivity index (χ2v) is 4.11. The molecular weight excluding hydrogens is 200 g/mol. The molecule has 0 aromatic carbocycles. The first-order valence-corrected chi connectivity index (χ1v) is 6.23. The summed E-state index contributed by atoms with van der Waals surface area (Å²) >= 11 is 0. The van der Waals surface area contributed by atoms with Crippen molar-refractivity contribution in [1.29, 1.82) is 0 Å². The molecule has 0 aromatic rings. The van der Waals surface area contributed by atoms with Crippen LogP contribution < -0.4 is 0 Å². The molecule has 3 heteroatoms. The molecule has 3 nitrogen and oxygen atoms in total. The Hall–Kier alpha value is -0.120. The van der Waals surface area contributed by atoms with E-state index in [0.717, 1.165) is 13.1 Å². The van der Waals surface area contributed by atoms with Gasteiger partial charge in [0.1, 0.15) is 0 Å². The fourth-order valence-corrected chi connectivity index (χ4v) is 0.529. The summed E-state index contributed by atoms with van der Waals surface area (Å²) in [4.78, 5) is 4.51. The lowest BCUT2D eigenvalue weighted by Gasteiger charge is -2.16. The van der Waals surface area contributed by atoms with Gasteiger partial charge in [-0.25, -0.2) is 0 Å². The highest BCUT2D eigenvalue weighted by atomic mass is 16.4. The zero-order valence-electron chi connectivity index (χ0n) is 12.8. The molecule has 0 radical (unpaired) electrons. The van der Waals surface area contributed by atoms with Crippen LogP contribution in [0.5, 0.6) is 0 Å². The van der Waals surface area contributed by atoms with Crippen LogP contribution in [0.2, 0.25) is 0 Å². The molecule has 0 unspecified atom stereocenters. The summed E-state index contributed by atoms with van der Waals surface area (Å²) in [5, 5.41) is 0. The Balaban J connectivity index is -0.000000201. The molecule has 0 aliphatic rings. The number of methoxy groups -OCH3 is 1. The molecule has 0 fully saturated rings. The lowest BCUT2D eigenvalue weighted by atomic mass is 10.4. The lowest BCUT2D eigenvalue weighted by Crippen LogP contribution is -2.28. The maximum atomic E-state index is 4.25. The molecule has 0 bridgehead atoms. The molecule has 0 amide bonds. The van der Waals surface area contributed by atoms with Crippen molar-refractivity contribution in [1.82, 2.24) is 9.80 Å². The first kappa shape index (κ1) is 21.2. The average molecular weight is 234 g/mol. The fourth-order valence-electron chi connectivity index (χ4n) is 0.529. The van der Waals surface area contributed by atoms with Gasteiger partial charge in [-0.2, -0.15) is 0 Å². The summed E-state index contributed by atoms with van der Waals surface area (Å²) in [6, 6.07) is 0. The maximum Gasteiger partial charge on any atom is 0.0351 e. The predicted octanol–water partition coefficient (Wildman–Crippen LogP) is 2.57. The predicted molar refractivity (Wildman–Crippen MR) is 75.2 cm³/mol. The molecule has 16 heavy (non-hydrogen) atoms. The molecule has 0 heterocycles. The van der Waals surface area contributed by atoms with Crippen molar-refractivity contribution in [2.24, 2.45) is 0 Å². The van der Waals surface area contributed by atoms with E-state index in [1.54, 1.807) is 14.2 Å². The third kappa shape index (κ3) is 37.1. The van der Waals surface area contributed by atoms with Crippen LogP contribution in [0.15, 0.2) is 0 Å². The van der Waals surface area contributed by atoms with Gasteiger partial charge in [-0.1, -0.05) is 33.6 Å². The van der Waals surface area contributed by atoms with E-state index in [1.807, 2.05) is 0 Å². The van der Waals surface area contributed by atoms with E-state index >= 15 is 0 Å². The van der Waals surface area contributed by atoms with Crippen molar-refractivity contribution in [2.75, 3.05) is 55.0 Å². The normalized spacial score (nSPS) is 9.38. The van der Waals surface area contributed by atoms with Crippen LogP contribution in [0.25, 0.3) is 0 Å². The minimum absolute atomic E-state index is 1.15. The van der Waals surface area contributed by atoms with E-state index in [9.17, 15) is 0 Å². The van der Waals surface area contributed by atoms with E-state index in [0.29, 0.717) is 0 Å². The number of nitrogens with zero attached hydrogens (tertiary/aromatic N) is 2. The summed E-state index contributed by atoms with van der Waals surface area (Å²) < 4.78 is 4.25. The van der Waals surface area contributed by atoms with Gasteiger partial charge in [0.2, 0.25) is 0 Å². The van der Waals surface area contributed by atoms with Crippen molar-refractivity contribution in [2.45, 2.75) is 33.6 Å². The third-order valence-corrected chi connectivity index (χ3v) is 1.97. The highest BCUT2D eigenvalue weighted by Gasteiger charge is 1.93. The van der Waals surface area contributed by atoms with Crippen molar-refractivity contribution in [3.05, 3.63) is 0 Å². The monoisotopic (exact) mass is 234 g/mol. The second kappa shape index (κ2) is 20.3. The number of hydrogen-bond donors (Lipinski definition) is 0. The number of ether oxygens (including phenoxy) is 1. The van der Waals surface area contributed by atoms with Crippen LogP contribution in [0.4, 0.5) is 0 Å². The highest BCUT2D eigenvalue weighted by Crippen LogP contribution is 1.81. The van der Waals surface area contributed by atoms with Gasteiger partial charge >= 0.3 is 0 Å². The topological polar surface area (TPSA) is 15.7 Å². The van der Waals surface area contributed by atoms with Crippen LogP contribution in [0, 0.1) is 0 Å². The lowest BCUT2D eigenvalue weighted by molar-refractivity contribution is 0.277. The van der Waals surface area contributed by atoms with Gasteiger partial charge in [-0.15, -0.1) is 0 Å². The summed E-state index contributed by atoms with van der Waals surface area (Å²) in [5.41, 5.74) is 0. The molecule has 102 valence electrons. The first-order chi connectivity index (χ1) is 7.49. The molecule has 0 atom stereocenters. The van der Waals surface area contributed by atoms with E-state index in [4.69, 9.17) is 0 Å². The van der Waals surface area contributed by atoms with Crippen LogP contribution in [-0.2, 0) is 4.74 Å². The highest BCUT2D eigenvalue weighted by molar-refractivity contribution is 4.49. The Bertz CT molecular complexity index is 95.9. The Morgan fingerprint density at radius 3 is 1.38 bits per heavy atom. The smallest absolute Gasteiger partial charge is 0.0351 e. The summed E-state index contributed by atoms with van der Waals surface area (Å²) in [7, 11) is 9.59. The van der Waals surface area contributed by atoms with Crippen molar-refractivity contribution in [3.63, 3.8) is 0 Å². The molecule has 0 spiro atoms. The molecule has 0 saturated heterocycles. The second-order valence-electron chi connectivity index (χ2n) is 4.11. The van der Waals surface area contributed by atoms with E-state index in [2.05, 4.69) is 56.5 Å². The van der Waals surface area contributed by atoms with E-state index < -0.39 is 0 Å². The van der Waals surface area contributed by atoms with Crippen molar-refractivity contribution >= 4 is 0 Å². The quantitative estimate of drug-likeness (QED) is 0.727. The van der Waals surface area contributed by atoms with Crippen LogP contribution in [0.1, 0.15) is 33.6 Å². The van der Waals surface area contributed by atoms with Gasteiger partial charge in [0.25, 0.3) is 0 Å². The minimum atomic E-state index is 1.15. The number of rotatable bonds is 5. The molecule has 0 saturated carbocycles. The number of likely N-dealkylation sites (N-methyl/N-ethyl adjacent to an activating group) is 2. The zero-order chi connectivity index (χ0) is 13.4. The number of unbranched alkanes of at least 4 members (excludes halogenated alkanes) is 1. The fraction of sp³-hybridized carbons (Fsp3) is 1.00. The summed E-state index contributed by atoms with van der Waals surface area (Å²) in [6.07, 6.45) is 2.64. The molecule has 0 N–H and O–H groups in total. The first-order valence-electron chi connectivity index (χ1n) is 6.23. The van der Waals surface area contributed by atoms with E-state index in [-0.39, 0.29) is 0 Å². The Morgan fingerprint density at radius 2 is 1.19 bits per heavy atom. The van der Waals surface area contributed by atoms with Crippen molar-refractivity contribution < 1.29 is 4.74 Å². The molecule has 0 aromatic heterocycles. The number of hydrogen-bond acceptors (Lipinski definition) is 3. The standard InChI is InChI=1S/C7H18N2.C4H10.C2H6O/c1-5-9(4)7-6-8(2)3;1-3-4-2;1-3-2/h5-7H2,1-4H3;3-4H2,1-2H3;1-2H3. The zero-order valence-corrected chi connectivity index (χ0v) is 12.8. The summed E-state index contributed by atoms with van der Waals surface area (Å²) in [5.74, 6) is 0. The van der Waals surface area contributed by atoms with Crippen molar-refractivity contribution in [3.8, 4) is 0 Å². The van der Waals surface area contributed by atoms with Crippen LogP contribution in [0.3, 0.4) is 0 Å². The molecule has 0 aliphatic heterocycles. The largest absolute Gasteiger partial charge is 0.388 e. The summed E-state index contributed by atoms with van der Waals surface area (Å²) in [6.45, 7) is 10.0. The SMILES string of the molecule is CCCC.CCN(C)CCN(C)C.COC. The van der Waals surface area contributed by atoms with Gasteiger partial charge in [-0.05, 0) is 27.7 Å². The van der Waals surface area contributed by atoms with Crippen LogP contribution >= 0.6 is 0 Å².